The van der Waals surface area contributed by atoms with Crippen LogP contribution in [0.25, 0.3) is 0 Å². The molecule has 1 atom stereocenters. The number of hydrogen-bond acceptors (Lipinski definition) is 5. The highest BCUT2D eigenvalue weighted by atomic mass is 16.6. The minimum Gasteiger partial charge on any atom is -0.399 e. The first-order valence-electron chi connectivity index (χ1n) is 7.32. The van der Waals surface area contributed by atoms with E-state index in [1.165, 1.54) is 6.07 Å². The largest absolute Gasteiger partial charge is 0.399 e. The van der Waals surface area contributed by atoms with Gasteiger partial charge in [-0.2, -0.15) is 0 Å². The van der Waals surface area contributed by atoms with E-state index < -0.39 is 0 Å². The summed E-state index contributed by atoms with van der Waals surface area (Å²) in [5.74, 6) is 1.30. The number of anilines is 2. The number of hydrogen-bond donors (Lipinski definition) is 1. The number of piperidine rings is 1. The van der Waals surface area contributed by atoms with Gasteiger partial charge in [0.1, 0.15) is 11.5 Å². The molecule has 0 saturated carbocycles. The van der Waals surface area contributed by atoms with Crippen molar-refractivity contribution in [2.75, 3.05) is 23.7 Å². The lowest BCUT2D eigenvalue weighted by atomic mass is 9.96. The van der Waals surface area contributed by atoms with Crippen molar-refractivity contribution >= 4 is 17.1 Å². The predicted molar refractivity (Wildman–Crippen MR) is 84.9 cm³/mol. The van der Waals surface area contributed by atoms with E-state index >= 15 is 0 Å². The molecule has 0 radical (unpaired) electrons. The molecule has 22 heavy (non-hydrogen) atoms. The average Bonchev–Trinajstić information content (AvgIpc) is 2.93. The first-order chi connectivity index (χ1) is 10.6. The van der Waals surface area contributed by atoms with E-state index in [0.717, 1.165) is 31.8 Å². The standard InChI is InChI=1S/C15H19N5O2/c1-18-8-6-17-15(18)11-3-2-7-19(10-11)14-9-12(16)4-5-13(14)20(21)22/h4-6,8-9,11H,2-3,7,10,16H2,1H3/t11-/m1/s1. The molecule has 0 bridgehead atoms. The second-order valence-electron chi connectivity index (χ2n) is 5.69. The van der Waals surface area contributed by atoms with Gasteiger partial charge in [-0.05, 0) is 25.0 Å². The molecule has 2 heterocycles. The van der Waals surface area contributed by atoms with Crippen LogP contribution < -0.4 is 10.6 Å². The molecule has 116 valence electrons. The Bertz CT molecular complexity index is 697. The molecule has 2 N–H and O–H groups in total. The van der Waals surface area contributed by atoms with Crippen molar-refractivity contribution in [3.05, 3.63) is 46.5 Å². The average molecular weight is 301 g/mol. The van der Waals surface area contributed by atoms with E-state index in [-0.39, 0.29) is 16.5 Å². The van der Waals surface area contributed by atoms with Crippen molar-refractivity contribution in [2.24, 2.45) is 7.05 Å². The molecule has 1 fully saturated rings. The minimum absolute atomic E-state index is 0.106. The van der Waals surface area contributed by atoms with Gasteiger partial charge in [-0.15, -0.1) is 0 Å². The third-order valence-corrected chi connectivity index (χ3v) is 4.18. The van der Waals surface area contributed by atoms with Gasteiger partial charge in [0, 0.05) is 50.2 Å². The Kier molecular flexibility index (Phi) is 3.70. The Morgan fingerprint density at radius 1 is 1.45 bits per heavy atom. The number of benzene rings is 1. The van der Waals surface area contributed by atoms with E-state index in [9.17, 15) is 10.1 Å². The summed E-state index contributed by atoms with van der Waals surface area (Å²) in [6.45, 7) is 1.51. The van der Waals surface area contributed by atoms with Gasteiger partial charge in [0.15, 0.2) is 0 Å². The summed E-state index contributed by atoms with van der Waals surface area (Å²) < 4.78 is 2.02. The molecule has 2 aromatic rings. The van der Waals surface area contributed by atoms with E-state index in [1.54, 1.807) is 18.3 Å². The summed E-state index contributed by atoms with van der Waals surface area (Å²) in [7, 11) is 1.98. The van der Waals surface area contributed by atoms with Crippen LogP contribution in [0.4, 0.5) is 17.1 Å². The molecule has 0 unspecified atom stereocenters. The summed E-state index contributed by atoms with van der Waals surface area (Å²) in [6.07, 6.45) is 5.73. The second-order valence-corrected chi connectivity index (χ2v) is 5.69. The number of nitro benzene ring substituents is 1. The van der Waals surface area contributed by atoms with Crippen LogP contribution in [0.2, 0.25) is 0 Å². The first kappa shape index (κ1) is 14.4. The van der Waals surface area contributed by atoms with E-state index in [2.05, 4.69) is 9.88 Å². The predicted octanol–water partition coefficient (Wildman–Crippen LogP) is 2.29. The number of nitrogens with zero attached hydrogens (tertiary/aromatic N) is 4. The van der Waals surface area contributed by atoms with Crippen LogP contribution in [0.15, 0.2) is 30.6 Å². The zero-order chi connectivity index (χ0) is 15.7. The van der Waals surface area contributed by atoms with E-state index in [0.29, 0.717) is 11.4 Å². The van der Waals surface area contributed by atoms with E-state index in [1.807, 2.05) is 17.8 Å². The van der Waals surface area contributed by atoms with Crippen molar-refractivity contribution in [3.8, 4) is 0 Å². The number of nitrogens with two attached hydrogens (primary N) is 1. The van der Waals surface area contributed by atoms with Crippen molar-refractivity contribution in [1.29, 1.82) is 0 Å². The van der Waals surface area contributed by atoms with Crippen LogP contribution in [-0.2, 0) is 7.05 Å². The van der Waals surface area contributed by atoms with Crippen LogP contribution in [0.1, 0.15) is 24.6 Å². The topological polar surface area (TPSA) is 90.2 Å². The highest BCUT2D eigenvalue weighted by molar-refractivity contribution is 5.69. The zero-order valence-corrected chi connectivity index (χ0v) is 12.5. The smallest absolute Gasteiger partial charge is 0.292 e. The van der Waals surface area contributed by atoms with Crippen LogP contribution in [0.5, 0.6) is 0 Å². The first-order valence-corrected chi connectivity index (χ1v) is 7.32. The highest BCUT2D eigenvalue weighted by Gasteiger charge is 2.28. The van der Waals surface area contributed by atoms with Gasteiger partial charge in [0.05, 0.1) is 4.92 Å². The van der Waals surface area contributed by atoms with Crippen LogP contribution in [0, 0.1) is 10.1 Å². The summed E-state index contributed by atoms with van der Waals surface area (Å²) in [4.78, 5) is 17.4. The molecule has 0 aliphatic carbocycles. The molecular formula is C15H19N5O2. The molecule has 0 spiro atoms. The Morgan fingerprint density at radius 3 is 2.95 bits per heavy atom. The fraction of sp³-hybridized carbons (Fsp3) is 0.400. The Labute approximate surface area is 128 Å². The monoisotopic (exact) mass is 301 g/mol. The zero-order valence-electron chi connectivity index (χ0n) is 12.5. The van der Waals surface area contributed by atoms with Crippen LogP contribution in [-0.4, -0.2) is 27.6 Å². The Hall–Kier alpha value is -2.57. The summed E-state index contributed by atoms with van der Waals surface area (Å²) in [5, 5.41) is 11.3. The molecule has 7 nitrogen and oxygen atoms in total. The summed E-state index contributed by atoms with van der Waals surface area (Å²) in [5.41, 5.74) is 7.07. The van der Waals surface area contributed by atoms with Gasteiger partial charge < -0.3 is 15.2 Å². The number of aryl methyl sites for hydroxylation is 1. The Balaban J connectivity index is 1.91. The minimum atomic E-state index is -0.348. The molecule has 3 rings (SSSR count). The molecule has 7 heteroatoms. The number of nitrogen functional groups attached to an aromatic ring is 1. The normalized spacial score (nSPS) is 18.4. The number of rotatable bonds is 3. The SMILES string of the molecule is Cn1ccnc1[C@@H]1CCCN(c2cc(N)ccc2[N+](=O)[O-])C1. The number of imidazole rings is 1. The Morgan fingerprint density at radius 2 is 2.27 bits per heavy atom. The van der Waals surface area contributed by atoms with Crippen molar-refractivity contribution in [1.82, 2.24) is 9.55 Å². The van der Waals surface area contributed by atoms with Crippen LogP contribution in [0.3, 0.4) is 0 Å². The van der Waals surface area contributed by atoms with Crippen LogP contribution >= 0.6 is 0 Å². The molecule has 1 aromatic heterocycles. The summed E-state index contributed by atoms with van der Waals surface area (Å²) in [6, 6.07) is 4.75. The molecule has 0 amide bonds. The fourth-order valence-corrected chi connectivity index (χ4v) is 3.13. The summed E-state index contributed by atoms with van der Waals surface area (Å²) >= 11 is 0. The molecule has 1 saturated heterocycles. The maximum Gasteiger partial charge on any atom is 0.292 e. The lowest BCUT2D eigenvalue weighted by Gasteiger charge is -2.33. The van der Waals surface area contributed by atoms with Gasteiger partial charge in [-0.25, -0.2) is 4.98 Å². The molecular weight excluding hydrogens is 282 g/mol. The van der Waals surface area contributed by atoms with Crippen molar-refractivity contribution in [2.45, 2.75) is 18.8 Å². The molecule has 1 aliphatic rings. The maximum absolute atomic E-state index is 11.3. The van der Waals surface area contributed by atoms with Gasteiger partial charge in [0.2, 0.25) is 0 Å². The van der Waals surface area contributed by atoms with Gasteiger partial charge in [-0.1, -0.05) is 0 Å². The second kappa shape index (κ2) is 5.67. The maximum atomic E-state index is 11.3. The van der Waals surface area contributed by atoms with Crippen molar-refractivity contribution < 1.29 is 4.92 Å². The van der Waals surface area contributed by atoms with Crippen molar-refractivity contribution in [3.63, 3.8) is 0 Å². The fourth-order valence-electron chi connectivity index (χ4n) is 3.13. The third-order valence-electron chi connectivity index (χ3n) is 4.18. The van der Waals surface area contributed by atoms with E-state index in [4.69, 9.17) is 5.73 Å². The molecule has 1 aromatic carbocycles. The lowest BCUT2D eigenvalue weighted by Crippen LogP contribution is -2.35. The van der Waals surface area contributed by atoms with Gasteiger partial charge in [-0.3, -0.25) is 10.1 Å². The third kappa shape index (κ3) is 2.61. The highest BCUT2D eigenvalue weighted by Crippen LogP contribution is 2.35. The van der Waals surface area contributed by atoms with Gasteiger partial charge in [0.25, 0.3) is 5.69 Å². The number of aromatic nitrogens is 2. The number of nitro groups is 1. The quantitative estimate of drug-likeness (QED) is 0.533. The molecule has 1 aliphatic heterocycles. The lowest BCUT2D eigenvalue weighted by molar-refractivity contribution is -0.384. The van der Waals surface area contributed by atoms with Gasteiger partial charge >= 0.3 is 0 Å².